The summed E-state index contributed by atoms with van der Waals surface area (Å²) in [4.78, 5) is 16.3. The first-order valence-electron chi connectivity index (χ1n) is 8.92. The zero-order chi connectivity index (χ0) is 18.9. The van der Waals surface area contributed by atoms with Gasteiger partial charge >= 0.3 is 0 Å². The van der Waals surface area contributed by atoms with Crippen molar-refractivity contribution in [2.75, 3.05) is 6.61 Å². The van der Waals surface area contributed by atoms with Gasteiger partial charge in [-0.3, -0.25) is 4.79 Å². The van der Waals surface area contributed by atoms with Gasteiger partial charge in [-0.15, -0.1) is 0 Å². The molecule has 0 bridgehead atoms. The van der Waals surface area contributed by atoms with Crippen molar-refractivity contribution in [3.63, 3.8) is 0 Å². The van der Waals surface area contributed by atoms with Crippen molar-refractivity contribution in [2.45, 2.75) is 39.8 Å². The van der Waals surface area contributed by atoms with Crippen LogP contribution in [0.4, 0.5) is 0 Å². The van der Waals surface area contributed by atoms with E-state index < -0.39 is 6.04 Å². The lowest BCUT2D eigenvalue weighted by atomic mass is 9.99. The van der Waals surface area contributed by atoms with E-state index in [4.69, 9.17) is 15.2 Å². The predicted molar refractivity (Wildman–Crippen MR) is 101 cm³/mol. The summed E-state index contributed by atoms with van der Waals surface area (Å²) in [5.74, 6) is 1.92. The van der Waals surface area contributed by atoms with Crippen LogP contribution in [-0.4, -0.2) is 23.5 Å². The summed E-state index contributed by atoms with van der Waals surface area (Å²) in [6.45, 7) is 6.93. The van der Waals surface area contributed by atoms with Gasteiger partial charge in [-0.2, -0.15) is 0 Å². The quantitative estimate of drug-likeness (QED) is 0.719. The predicted octanol–water partition coefficient (Wildman–Crippen LogP) is 3.26. The molecule has 0 fully saturated rings. The molecule has 26 heavy (non-hydrogen) atoms. The Morgan fingerprint density at radius 3 is 2.54 bits per heavy atom. The molecule has 0 spiro atoms. The normalized spacial score (nSPS) is 12.9. The van der Waals surface area contributed by atoms with Crippen LogP contribution in [0, 0.1) is 5.92 Å². The van der Waals surface area contributed by atoms with E-state index >= 15 is 0 Å². The molecule has 1 aromatic carbocycles. The van der Waals surface area contributed by atoms with Gasteiger partial charge in [-0.1, -0.05) is 20.3 Å². The maximum absolute atomic E-state index is 12.1. The smallest absolute Gasteiger partial charge is 0.237 e. The summed E-state index contributed by atoms with van der Waals surface area (Å²) in [5, 5.41) is 2.86. The van der Waals surface area contributed by atoms with Crippen molar-refractivity contribution >= 4 is 5.91 Å². The molecule has 0 aliphatic carbocycles. The van der Waals surface area contributed by atoms with Gasteiger partial charge in [0.1, 0.15) is 11.5 Å². The Morgan fingerprint density at radius 1 is 1.19 bits per heavy atom. The minimum absolute atomic E-state index is 0.144. The molecule has 2 atom stereocenters. The van der Waals surface area contributed by atoms with Gasteiger partial charge in [0.15, 0.2) is 0 Å². The van der Waals surface area contributed by atoms with E-state index in [1.807, 2.05) is 51.1 Å². The van der Waals surface area contributed by atoms with Crippen molar-refractivity contribution < 1.29 is 14.3 Å². The highest BCUT2D eigenvalue weighted by molar-refractivity contribution is 5.81. The van der Waals surface area contributed by atoms with Crippen molar-refractivity contribution in [1.82, 2.24) is 10.3 Å². The molecule has 1 amide bonds. The third kappa shape index (κ3) is 5.74. The van der Waals surface area contributed by atoms with Crippen molar-refractivity contribution in [2.24, 2.45) is 11.7 Å². The van der Waals surface area contributed by atoms with Gasteiger partial charge < -0.3 is 20.5 Å². The van der Waals surface area contributed by atoms with Gasteiger partial charge in [0.05, 0.1) is 12.6 Å². The van der Waals surface area contributed by atoms with Crippen LogP contribution in [-0.2, 0) is 11.3 Å². The number of carbonyl (C=O) groups is 1. The van der Waals surface area contributed by atoms with E-state index in [0.29, 0.717) is 24.8 Å². The molecule has 0 aliphatic heterocycles. The van der Waals surface area contributed by atoms with Crippen molar-refractivity contribution in [3.05, 3.63) is 48.2 Å². The Bertz CT molecular complexity index is 704. The van der Waals surface area contributed by atoms with Crippen LogP contribution in [0.15, 0.2) is 42.6 Å². The van der Waals surface area contributed by atoms with E-state index in [9.17, 15) is 4.79 Å². The monoisotopic (exact) mass is 357 g/mol. The molecule has 2 rings (SSSR count). The molecule has 3 N–H and O–H groups in total. The molecule has 2 aromatic rings. The van der Waals surface area contributed by atoms with Crippen LogP contribution in [0.2, 0.25) is 0 Å². The van der Waals surface area contributed by atoms with Crippen LogP contribution < -0.4 is 20.5 Å². The molecule has 0 radical (unpaired) electrons. The number of hydrogen-bond acceptors (Lipinski definition) is 5. The van der Waals surface area contributed by atoms with Crippen LogP contribution in [0.5, 0.6) is 17.4 Å². The molecule has 0 saturated heterocycles. The number of ether oxygens (including phenoxy) is 2. The number of rotatable bonds is 9. The molecular weight excluding hydrogens is 330 g/mol. The summed E-state index contributed by atoms with van der Waals surface area (Å²) in [6, 6.07) is 10.5. The van der Waals surface area contributed by atoms with Gasteiger partial charge in [-0.05, 0) is 48.7 Å². The fourth-order valence-corrected chi connectivity index (χ4v) is 2.33. The number of carbonyl (C=O) groups excluding carboxylic acids is 1. The SMILES string of the molecule is CCOc1ccc(Oc2cc(CNC(=O)C(N)C(C)CC)ccn2)cc1. The molecule has 0 saturated carbocycles. The van der Waals surface area contributed by atoms with Gasteiger partial charge in [0.2, 0.25) is 11.8 Å². The zero-order valence-corrected chi connectivity index (χ0v) is 15.6. The van der Waals surface area contributed by atoms with Crippen LogP contribution in [0.1, 0.15) is 32.8 Å². The Balaban J connectivity index is 1.94. The Morgan fingerprint density at radius 2 is 1.88 bits per heavy atom. The number of amides is 1. The largest absolute Gasteiger partial charge is 0.494 e. The molecule has 140 valence electrons. The van der Waals surface area contributed by atoms with E-state index in [1.165, 1.54) is 0 Å². The first kappa shape index (κ1) is 19.7. The van der Waals surface area contributed by atoms with E-state index in [2.05, 4.69) is 10.3 Å². The topological polar surface area (TPSA) is 86.5 Å². The molecule has 6 nitrogen and oxygen atoms in total. The molecule has 1 aromatic heterocycles. The summed E-state index contributed by atoms with van der Waals surface area (Å²) < 4.78 is 11.2. The Kier molecular flexibility index (Phi) is 7.41. The number of nitrogens with zero attached hydrogens (tertiary/aromatic N) is 1. The number of hydrogen-bond donors (Lipinski definition) is 2. The molecule has 2 unspecified atom stereocenters. The third-order valence-corrected chi connectivity index (χ3v) is 4.18. The van der Waals surface area contributed by atoms with Crippen LogP contribution in [0.3, 0.4) is 0 Å². The first-order chi connectivity index (χ1) is 12.5. The van der Waals surface area contributed by atoms with Gasteiger partial charge in [0.25, 0.3) is 0 Å². The number of nitrogens with one attached hydrogen (secondary N) is 1. The first-order valence-corrected chi connectivity index (χ1v) is 8.92. The Labute approximate surface area is 154 Å². The highest BCUT2D eigenvalue weighted by atomic mass is 16.5. The minimum atomic E-state index is -0.499. The summed E-state index contributed by atoms with van der Waals surface area (Å²) in [6.07, 6.45) is 2.52. The second kappa shape index (κ2) is 9.77. The second-order valence-electron chi connectivity index (χ2n) is 6.14. The minimum Gasteiger partial charge on any atom is -0.494 e. The van der Waals surface area contributed by atoms with E-state index in [1.54, 1.807) is 12.3 Å². The fourth-order valence-electron chi connectivity index (χ4n) is 2.33. The van der Waals surface area contributed by atoms with Crippen LogP contribution in [0.25, 0.3) is 0 Å². The maximum atomic E-state index is 12.1. The van der Waals surface area contributed by atoms with E-state index in [-0.39, 0.29) is 11.8 Å². The molecule has 0 aliphatic rings. The lowest BCUT2D eigenvalue weighted by Gasteiger charge is -2.17. The highest BCUT2D eigenvalue weighted by Gasteiger charge is 2.18. The average molecular weight is 357 g/mol. The summed E-state index contributed by atoms with van der Waals surface area (Å²) in [5.41, 5.74) is 6.84. The standard InChI is InChI=1S/C20H27N3O3/c1-4-14(3)19(21)20(24)23-13-15-10-11-22-18(12-15)26-17-8-6-16(7-9-17)25-5-2/h6-12,14,19H,4-5,13,21H2,1-3H3,(H,23,24). The average Bonchev–Trinajstić information content (AvgIpc) is 2.67. The van der Waals surface area contributed by atoms with Gasteiger partial charge in [-0.25, -0.2) is 4.98 Å². The Hall–Kier alpha value is -2.60. The number of aromatic nitrogens is 1. The zero-order valence-electron chi connectivity index (χ0n) is 15.6. The van der Waals surface area contributed by atoms with Crippen molar-refractivity contribution in [1.29, 1.82) is 0 Å². The molecule has 6 heteroatoms. The highest BCUT2D eigenvalue weighted by Crippen LogP contribution is 2.23. The number of benzene rings is 1. The number of nitrogens with two attached hydrogens (primary N) is 1. The fraction of sp³-hybridized carbons (Fsp3) is 0.400. The summed E-state index contributed by atoms with van der Waals surface area (Å²) in [7, 11) is 0. The lowest BCUT2D eigenvalue weighted by molar-refractivity contribution is -0.123. The van der Waals surface area contributed by atoms with Crippen molar-refractivity contribution in [3.8, 4) is 17.4 Å². The van der Waals surface area contributed by atoms with Crippen LogP contribution >= 0.6 is 0 Å². The van der Waals surface area contributed by atoms with E-state index in [0.717, 1.165) is 17.7 Å². The summed E-state index contributed by atoms with van der Waals surface area (Å²) >= 11 is 0. The maximum Gasteiger partial charge on any atom is 0.237 e. The van der Waals surface area contributed by atoms with Gasteiger partial charge in [0, 0.05) is 18.8 Å². The molecular formula is C20H27N3O3. The lowest BCUT2D eigenvalue weighted by Crippen LogP contribution is -2.44. The second-order valence-corrected chi connectivity index (χ2v) is 6.14. The number of pyridine rings is 1. The molecule has 1 heterocycles. The third-order valence-electron chi connectivity index (χ3n) is 4.18.